The van der Waals surface area contributed by atoms with Gasteiger partial charge in [-0.25, -0.2) is 0 Å². The molecule has 118 valence electrons. The number of anilines is 1. The van der Waals surface area contributed by atoms with Crippen LogP contribution in [0.4, 0.5) is 5.69 Å². The Morgan fingerprint density at radius 3 is 2.29 bits per heavy atom. The van der Waals surface area contributed by atoms with E-state index < -0.39 is 0 Å². The van der Waals surface area contributed by atoms with Gasteiger partial charge < -0.3 is 15.8 Å². The summed E-state index contributed by atoms with van der Waals surface area (Å²) in [6.45, 7) is 10.3. The van der Waals surface area contributed by atoms with Gasteiger partial charge in [0.1, 0.15) is 5.75 Å². The summed E-state index contributed by atoms with van der Waals surface area (Å²) in [5, 5.41) is 2.86. The lowest BCUT2D eigenvalue weighted by molar-refractivity contribution is -0.116. The third-order valence-corrected chi connectivity index (χ3v) is 2.83. The number of nitrogens with one attached hydrogen (secondary N) is 1. The molecule has 1 aromatic carbocycles. The molecule has 0 heterocycles. The molecule has 21 heavy (non-hydrogen) atoms. The fraction of sp³-hybridized carbons (Fsp3) is 0.588. The predicted molar refractivity (Wildman–Crippen MR) is 87.5 cm³/mol. The Bertz CT molecular complexity index is 447. The number of ether oxygens (including phenoxy) is 1. The molecule has 4 heteroatoms. The molecular formula is C17H28N2O2. The van der Waals surface area contributed by atoms with Crippen LogP contribution in [0, 0.1) is 5.41 Å². The van der Waals surface area contributed by atoms with E-state index in [-0.39, 0.29) is 23.5 Å². The van der Waals surface area contributed by atoms with E-state index in [1.807, 2.05) is 38.1 Å². The highest BCUT2D eigenvalue weighted by Gasteiger charge is 2.18. The Kier molecular flexibility index (Phi) is 6.21. The molecule has 1 aromatic rings. The maximum atomic E-state index is 11.9. The summed E-state index contributed by atoms with van der Waals surface area (Å²) in [4.78, 5) is 11.9. The first-order valence-corrected chi connectivity index (χ1v) is 7.48. The summed E-state index contributed by atoms with van der Waals surface area (Å²) in [7, 11) is 0. The first-order valence-electron chi connectivity index (χ1n) is 7.48. The first-order chi connectivity index (χ1) is 9.65. The van der Waals surface area contributed by atoms with Crippen molar-refractivity contribution in [2.75, 3.05) is 5.32 Å². The number of carbonyl (C=O) groups excluding carboxylic acids is 1. The lowest BCUT2D eigenvalue weighted by Gasteiger charge is -2.22. The van der Waals surface area contributed by atoms with Gasteiger partial charge in [-0.1, -0.05) is 20.8 Å². The van der Waals surface area contributed by atoms with E-state index in [0.717, 1.165) is 17.9 Å². The molecule has 0 bridgehead atoms. The Balaban J connectivity index is 2.47. The number of benzene rings is 1. The Hall–Kier alpha value is -1.55. The summed E-state index contributed by atoms with van der Waals surface area (Å²) < 4.78 is 5.56. The van der Waals surface area contributed by atoms with Crippen molar-refractivity contribution in [3.8, 4) is 5.75 Å². The number of amides is 1. The van der Waals surface area contributed by atoms with E-state index in [1.165, 1.54) is 0 Å². The Morgan fingerprint density at radius 2 is 1.81 bits per heavy atom. The van der Waals surface area contributed by atoms with Crippen LogP contribution < -0.4 is 15.8 Å². The van der Waals surface area contributed by atoms with Crippen LogP contribution in [0.2, 0.25) is 0 Å². The van der Waals surface area contributed by atoms with Gasteiger partial charge in [-0.3, -0.25) is 4.79 Å². The summed E-state index contributed by atoms with van der Waals surface area (Å²) in [6, 6.07) is 7.26. The second-order valence-electron chi connectivity index (χ2n) is 6.97. The van der Waals surface area contributed by atoms with Crippen LogP contribution in [0.15, 0.2) is 24.3 Å². The quantitative estimate of drug-likeness (QED) is 0.842. The summed E-state index contributed by atoms with van der Waals surface area (Å²) in [5.74, 6) is 0.747. The third kappa shape index (κ3) is 7.71. The van der Waals surface area contributed by atoms with Crippen LogP contribution in [0.25, 0.3) is 0 Å². The summed E-state index contributed by atoms with van der Waals surface area (Å²) in [6.07, 6.45) is 1.30. The molecule has 0 aromatic heterocycles. The minimum atomic E-state index is -0.117. The van der Waals surface area contributed by atoms with Crippen molar-refractivity contribution in [1.82, 2.24) is 0 Å². The van der Waals surface area contributed by atoms with Gasteiger partial charge in [-0.05, 0) is 49.9 Å². The zero-order valence-electron chi connectivity index (χ0n) is 13.8. The van der Waals surface area contributed by atoms with Crippen molar-refractivity contribution in [1.29, 1.82) is 0 Å². The zero-order chi connectivity index (χ0) is 16.0. The molecule has 1 unspecified atom stereocenters. The summed E-state index contributed by atoms with van der Waals surface area (Å²) in [5.41, 5.74) is 6.91. The molecule has 0 aliphatic rings. The monoisotopic (exact) mass is 292 g/mol. The van der Waals surface area contributed by atoms with E-state index in [0.29, 0.717) is 6.42 Å². The molecule has 3 N–H and O–H groups in total. The molecule has 0 saturated carbocycles. The van der Waals surface area contributed by atoms with Crippen molar-refractivity contribution in [3.05, 3.63) is 24.3 Å². The minimum absolute atomic E-state index is 0.0516. The average Bonchev–Trinajstić information content (AvgIpc) is 2.28. The molecule has 0 radical (unpaired) electrons. The second-order valence-corrected chi connectivity index (χ2v) is 6.97. The van der Waals surface area contributed by atoms with Crippen LogP contribution in [0.1, 0.15) is 47.5 Å². The van der Waals surface area contributed by atoms with E-state index in [4.69, 9.17) is 10.5 Å². The van der Waals surface area contributed by atoms with Crippen molar-refractivity contribution in [2.24, 2.45) is 11.1 Å². The Morgan fingerprint density at radius 1 is 1.24 bits per heavy atom. The number of nitrogens with two attached hydrogens (primary N) is 1. The van der Waals surface area contributed by atoms with Gasteiger partial charge in [0, 0.05) is 18.2 Å². The van der Waals surface area contributed by atoms with E-state index >= 15 is 0 Å². The molecule has 0 fully saturated rings. The maximum absolute atomic E-state index is 11.9. The van der Waals surface area contributed by atoms with Gasteiger partial charge >= 0.3 is 0 Å². The minimum Gasteiger partial charge on any atom is -0.491 e. The highest BCUT2D eigenvalue weighted by atomic mass is 16.5. The topological polar surface area (TPSA) is 64.3 Å². The van der Waals surface area contributed by atoms with E-state index in [1.54, 1.807) is 0 Å². The first kappa shape index (κ1) is 17.5. The lowest BCUT2D eigenvalue weighted by atomic mass is 9.87. The number of rotatable bonds is 6. The smallest absolute Gasteiger partial charge is 0.225 e. The predicted octanol–water partition coefficient (Wildman–Crippen LogP) is 3.57. The molecule has 0 aliphatic heterocycles. The molecule has 0 saturated heterocycles. The molecule has 4 nitrogen and oxygen atoms in total. The van der Waals surface area contributed by atoms with Crippen molar-refractivity contribution < 1.29 is 9.53 Å². The zero-order valence-corrected chi connectivity index (χ0v) is 13.8. The SMILES string of the molecule is CC(C)Oc1ccc(NC(=O)CC(N)CC(C)(C)C)cc1. The third-order valence-electron chi connectivity index (χ3n) is 2.83. The van der Waals surface area contributed by atoms with Gasteiger partial charge in [-0.15, -0.1) is 0 Å². The van der Waals surface area contributed by atoms with Gasteiger partial charge in [0.05, 0.1) is 6.10 Å². The van der Waals surface area contributed by atoms with Crippen LogP contribution in [0.5, 0.6) is 5.75 Å². The molecular weight excluding hydrogens is 264 g/mol. The maximum Gasteiger partial charge on any atom is 0.225 e. The van der Waals surface area contributed by atoms with Gasteiger partial charge in [0.15, 0.2) is 0 Å². The number of carbonyl (C=O) groups is 1. The van der Waals surface area contributed by atoms with Crippen LogP contribution in [-0.4, -0.2) is 18.1 Å². The standard InChI is InChI=1S/C17H28N2O2/c1-12(2)21-15-8-6-14(7-9-15)19-16(20)10-13(18)11-17(3,4)5/h6-9,12-13H,10-11,18H2,1-5H3,(H,19,20). The largest absolute Gasteiger partial charge is 0.491 e. The van der Waals surface area contributed by atoms with E-state index in [9.17, 15) is 4.79 Å². The molecule has 1 amide bonds. The normalized spacial score (nSPS) is 13.1. The molecule has 1 rings (SSSR count). The van der Waals surface area contributed by atoms with Crippen molar-refractivity contribution in [3.63, 3.8) is 0 Å². The van der Waals surface area contributed by atoms with Crippen molar-refractivity contribution in [2.45, 2.75) is 59.6 Å². The fourth-order valence-corrected chi connectivity index (χ4v) is 2.20. The van der Waals surface area contributed by atoms with Crippen LogP contribution in [-0.2, 0) is 4.79 Å². The number of hydrogen-bond donors (Lipinski definition) is 2. The molecule has 0 spiro atoms. The van der Waals surface area contributed by atoms with Crippen molar-refractivity contribution >= 4 is 11.6 Å². The summed E-state index contributed by atoms with van der Waals surface area (Å²) >= 11 is 0. The average molecular weight is 292 g/mol. The second kappa shape index (κ2) is 7.46. The molecule has 1 atom stereocenters. The Labute approximate surface area is 128 Å². The van der Waals surface area contributed by atoms with Crippen LogP contribution >= 0.6 is 0 Å². The van der Waals surface area contributed by atoms with E-state index in [2.05, 4.69) is 26.1 Å². The van der Waals surface area contributed by atoms with Gasteiger partial charge in [0.2, 0.25) is 5.91 Å². The number of hydrogen-bond acceptors (Lipinski definition) is 3. The van der Waals surface area contributed by atoms with Gasteiger partial charge in [-0.2, -0.15) is 0 Å². The highest BCUT2D eigenvalue weighted by molar-refractivity contribution is 5.91. The lowest BCUT2D eigenvalue weighted by Crippen LogP contribution is -2.31. The van der Waals surface area contributed by atoms with Crippen LogP contribution in [0.3, 0.4) is 0 Å². The highest BCUT2D eigenvalue weighted by Crippen LogP contribution is 2.21. The molecule has 0 aliphatic carbocycles. The fourth-order valence-electron chi connectivity index (χ4n) is 2.20. The van der Waals surface area contributed by atoms with Gasteiger partial charge in [0.25, 0.3) is 0 Å².